The minimum absolute atomic E-state index is 0.406. The molecule has 0 aliphatic carbocycles. The highest BCUT2D eigenvalue weighted by Crippen LogP contribution is 2.11. The summed E-state index contributed by atoms with van der Waals surface area (Å²) in [6.07, 6.45) is 1.75. The molecule has 74 valence electrons. The molecule has 0 heterocycles. The quantitative estimate of drug-likeness (QED) is 0.422. The van der Waals surface area contributed by atoms with Gasteiger partial charge < -0.3 is 20.4 Å². The fourth-order valence-corrected chi connectivity index (χ4v) is 0.300. The second-order valence-corrected chi connectivity index (χ2v) is 2.54. The number of aliphatic hydroxyl groups is 4. The molecule has 0 aromatic rings. The summed E-state index contributed by atoms with van der Waals surface area (Å²) >= 11 is 0. The molecule has 0 aromatic carbocycles. The van der Waals surface area contributed by atoms with Crippen LogP contribution in [0.1, 0.15) is 6.92 Å². The molecule has 0 rings (SSSR count). The molecule has 0 fully saturated rings. The van der Waals surface area contributed by atoms with Crippen LogP contribution in [0.5, 0.6) is 0 Å². The highest BCUT2D eigenvalue weighted by atomic mass is 16.3. The first-order chi connectivity index (χ1) is 5.66. The number of rotatable bonds is 4. The zero-order chi connectivity index (χ0) is 10.0. The Labute approximate surface area is 72.8 Å². The molecule has 12 heavy (non-hydrogen) atoms. The second-order valence-electron chi connectivity index (χ2n) is 2.54. The predicted octanol–water partition coefficient (Wildman–Crippen LogP) is -0.866. The molecule has 0 saturated heterocycles. The van der Waals surface area contributed by atoms with Crippen molar-refractivity contribution in [2.24, 2.45) is 5.41 Å². The fraction of sp³-hybridized carbons (Fsp3) is 0.750. The van der Waals surface area contributed by atoms with Gasteiger partial charge in [-0.15, -0.1) is 6.58 Å². The van der Waals surface area contributed by atoms with Gasteiger partial charge >= 0.3 is 0 Å². The summed E-state index contributed by atoms with van der Waals surface area (Å²) in [7, 11) is 0. The Kier molecular flexibility index (Phi) is 10.2. The molecule has 0 bridgehead atoms. The van der Waals surface area contributed by atoms with E-state index < -0.39 is 31.8 Å². The normalized spacial score (nSPS) is 10.1. The van der Waals surface area contributed by atoms with Crippen LogP contribution in [0, 0.1) is 5.41 Å². The molecule has 0 aromatic heterocycles. The van der Waals surface area contributed by atoms with Gasteiger partial charge in [-0.1, -0.05) is 6.08 Å². The number of hydrogen-bond acceptors (Lipinski definition) is 4. The largest absolute Gasteiger partial charge is 0.396 e. The molecule has 0 radical (unpaired) electrons. The van der Waals surface area contributed by atoms with E-state index in [1.165, 1.54) is 0 Å². The van der Waals surface area contributed by atoms with Crippen LogP contribution in [-0.2, 0) is 0 Å². The van der Waals surface area contributed by atoms with E-state index in [-0.39, 0.29) is 0 Å². The summed E-state index contributed by atoms with van der Waals surface area (Å²) < 4.78 is 0. The smallest absolute Gasteiger partial charge is 0.0627 e. The number of allylic oxidation sites excluding steroid dienone is 1. The van der Waals surface area contributed by atoms with E-state index in [0.29, 0.717) is 0 Å². The minimum atomic E-state index is -1.11. The van der Waals surface area contributed by atoms with Gasteiger partial charge in [0.15, 0.2) is 0 Å². The van der Waals surface area contributed by atoms with E-state index in [9.17, 15) is 0 Å². The maximum absolute atomic E-state index is 8.50. The van der Waals surface area contributed by atoms with Crippen LogP contribution in [0.2, 0.25) is 0 Å². The van der Waals surface area contributed by atoms with Gasteiger partial charge in [-0.2, -0.15) is 0 Å². The Morgan fingerprint density at radius 1 is 1.00 bits per heavy atom. The van der Waals surface area contributed by atoms with E-state index in [4.69, 9.17) is 20.4 Å². The molecule has 0 aliphatic rings. The van der Waals surface area contributed by atoms with Gasteiger partial charge in [-0.25, -0.2) is 0 Å². The number of hydrogen-bond donors (Lipinski definition) is 4. The fourth-order valence-electron chi connectivity index (χ4n) is 0.300. The predicted molar refractivity (Wildman–Crippen MR) is 46.6 cm³/mol. The van der Waals surface area contributed by atoms with Crippen molar-refractivity contribution in [3.05, 3.63) is 12.7 Å². The van der Waals surface area contributed by atoms with Gasteiger partial charge in [0.25, 0.3) is 0 Å². The maximum atomic E-state index is 8.50. The van der Waals surface area contributed by atoms with Crippen LogP contribution in [0.4, 0.5) is 0 Å². The Morgan fingerprint density at radius 3 is 1.17 bits per heavy atom. The van der Waals surface area contributed by atoms with Crippen LogP contribution >= 0.6 is 0 Å². The zero-order valence-electron chi connectivity index (χ0n) is 7.40. The van der Waals surface area contributed by atoms with Crippen LogP contribution in [0.15, 0.2) is 12.7 Å². The first kappa shape index (κ1) is 14.1. The first-order valence-electron chi connectivity index (χ1n) is 3.66. The van der Waals surface area contributed by atoms with Crippen molar-refractivity contribution in [1.29, 1.82) is 0 Å². The van der Waals surface area contributed by atoms with E-state index in [0.717, 1.165) is 0 Å². The van der Waals surface area contributed by atoms with Gasteiger partial charge in [0.1, 0.15) is 0 Å². The van der Waals surface area contributed by atoms with Crippen molar-refractivity contribution in [3.8, 4) is 0 Å². The first-order valence-corrected chi connectivity index (χ1v) is 3.66. The third-order valence-corrected chi connectivity index (χ3v) is 1.34. The van der Waals surface area contributed by atoms with Crippen molar-refractivity contribution >= 4 is 0 Å². The molecule has 0 atom stereocenters. The van der Waals surface area contributed by atoms with Crippen molar-refractivity contribution in [1.82, 2.24) is 0 Å². The van der Waals surface area contributed by atoms with E-state index in [1.807, 2.05) is 6.92 Å². The Morgan fingerprint density at radius 2 is 1.17 bits per heavy atom. The van der Waals surface area contributed by atoms with Gasteiger partial charge in [-0.05, 0) is 6.92 Å². The topological polar surface area (TPSA) is 80.9 Å². The summed E-state index contributed by atoms with van der Waals surface area (Å²) in [6.45, 7) is 3.62. The molecular formula is C8H18O4. The number of aliphatic hydroxyl groups excluding tert-OH is 4. The second kappa shape index (κ2) is 8.67. The summed E-state index contributed by atoms with van der Waals surface area (Å²) in [6, 6.07) is 0. The maximum Gasteiger partial charge on any atom is 0.0627 e. The Bertz CT molecular complexity index is 81.7. The SMILES string of the molecule is C=CC.OCC(CO)(CO)CO. The molecule has 0 spiro atoms. The van der Waals surface area contributed by atoms with Crippen LogP contribution < -0.4 is 0 Å². The lowest BCUT2D eigenvalue weighted by molar-refractivity contribution is -0.0328. The molecule has 0 saturated carbocycles. The Balaban J connectivity index is 0. The van der Waals surface area contributed by atoms with Crippen molar-refractivity contribution in [3.63, 3.8) is 0 Å². The third-order valence-electron chi connectivity index (χ3n) is 1.34. The highest BCUT2D eigenvalue weighted by Gasteiger charge is 2.26. The summed E-state index contributed by atoms with van der Waals surface area (Å²) in [5.74, 6) is 0. The van der Waals surface area contributed by atoms with Crippen molar-refractivity contribution in [2.45, 2.75) is 6.92 Å². The average Bonchev–Trinajstić information content (AvgIpc) is 2.11. The minimum Gasteiger partial charge on any atom is -0.396 e. The standard InChI is InChI=1S/C5H12O4.C3H6/c6-1-5(2-7,3-8)4-9;1-3-2/h6-9H,1-4H2;3H,1H2,2H3. The zero-order valence-corrected chi connectivity index (χ0v) is 7.40. The van der Waals surface area contributed by atoms with Crippen LogP contribution in [0.3, 0.4) is 0 Å². The monoisotopic (exact) mass is 178 g/mol. The molecule has 0 amide bonds. The van der Waals surface area contributed by atoms with Crippen molar-refractivity contribution in [2.75, 3.05) is 26.4 Å². The lowest BCUT2D eigenvalue weighted by Gasteiger charge is -2.23. The van der Waals surface area contributed by atoms with Crippen LogP contribution in [-0.4, -0.2) is 46.9 Å². The van der Waals surface area contributed by atoms with Crippen molar-refractivity contribution < 1.29 is 20.4 Å². The average molecular weight is 178 g/mol. The lowest BCUT2D eigenvalue weighted by Crippen LogP contribution is -2.37. The third kappa shape index (κ3) is 5.26. The molecule has 0 aliphatic heterocycles. The highest BCUT2D eigenvalue weighted by molar-refractivity contribution is 4.74. The van der Waals surface area contributed by atoms with Crippen LogP contribution in [0.25, 0.3) is 0 Å². The lowest BCUT2D eigenvalue weighted by atomic mass is 9.93. The molecule has 0 unspecified atom stereocenters. The molecule has 4 N–H and O–H groups in total. The van der Waals surface area contributed by atoms with E-state index in [2.05, 4.69) is 6.58 Å². The van der Waals surface area contributed by atoms with E-state index in [1.54, 1.807) is 6.08 Å². The molecular weight excluding hydrogens is 160 g/mol. The van der Waals surface area contributed by atoms with Gasteiger partial charge in [-0.3, -0.25) is 0 Å². The molecule has 4 nitrogen and oxygen atoms in total. The van der Waals surface area contributed by atoms with Gasteiger partial charge in [0.05, 0.1) is 31.8 Å². The molecule has 4 heteroatoms. The Hall–Kier alpha value is -0.420. The van der Waals surface area contributed by atoms with Gasteiger partial charge in [0.2, 0.25) is 0 Å². The summed E-state index contributed by atoms with van der Waals surface area (Å²) in [5, 5.41) is 34.0. The van der Waals surface area contributed by atoms with Gasteiger partial charge in [0, 0.05) is 0 Å². The summed E-state index contributed by atoms with van der Waals surface area (Å²) in [4.78, 5) is 0. The van der Waals surface area contributed by atoms with E-state index >= 15 is 0 Å². The summed E-state index contributed by atoms with van der Waals surface area (Å²) in [5.41, 5.74) is -1.11.